The number of carbonyl (C=O) groups is 1. The largest absolute Gasteiger partial charge is 0.294 e. The zero-order valence-electron chi connectivity index (χ0n) is 5.50. The van der Waals surface area contributed by atoms with Gasteiger partial charge in [-0.15, -0.1) is 24.8 Å². The maximum Gasteiger partial charge on any atom is 0.236 e. The number of nitrogens with two attached hydrogens (primary N) is 1. The van der Waals surface area contributed by atoms with Crippen LogP contribution in [0, 0.1) is 5.92 Å². The molecule has 0 bridgehead atoms. The molecular formula is C5H12Cl2N2O. The molecule has 0 heterocycles. The lowest BCUT2D eigenvalue weighted by molar-refractivity contribution is -0.127. The number of rotatable bonds is 1. The normalized spacial score (nSPS) is 15.7. The maximum atomic E-state index is 10.6. The van der Waals surface area contributed by atoms with Crippen molar-refractivity contribution in [2.75, 3.05) is 0 Å². The van der Waals surface area contributed by atoms with E-state index in [4.69, 9.17) is 5.84 Å². The fourth-order valence-corrected chi connectivity index (χ4v) is 0.788. The number of halogens is 2. The number of nitrogens with one attached hydrogen (secondary N) is 1. The highest BCUT2D eigenvalue weighted by Gasteiger charge is 2.23. The smallest absolute Gasteiger partial charge is 0.236 e. The van der Waals surface area contributed by atoms with Gasteiger partial charge in [-0.05, 0) is 12.8 Å². The first-order valence-electron chi connectivity index (χ1n) is 2.85. The fourth-order valence-electron chi connectivity index (χ4n) is 0.788. The number of hydrazine groups is 1. The Hall–Kier alpha value is 0.01000. The van der Waals surface area contributed by atoms with E-state index in [1.165, 1.54) is 6.42 Å². The summed E-state index contributed by atoms with van der Waals surface area (Å²) in [6, 6.07) is 0. The van der Waals surface area contributed by atoms with Gasteiger partial charge >= 0.3 is 0 Å². The molecule has 10 heavy (non-hydrogen) atoms. The summed E-state index contributed by atoms with van der Waals surface area (Å²) >= 11 is 0. The number of hydrogen-bond acceptors (Lipinski definition) is 2. The predicted molar refractivity (Wildman–Crippen MR) is 44.2 cm³/mol. The molecule has 0 aromatic rings. The van der Waals surface area contributed by atoms with Crippen molar-refractivity contribution < 1.29 is 4.79 Å². The van der Waals surface area contributed by atoms with E-state index >= 15 is 0 Å². The van der Waals surface area contributed by atoms with Gasteiger partial charge in [0.1, 0.15) is 0 Å². The van der Waals surface area contributed by atoms with Crippen molar-refractivity contribution in [3.05, 3.63) is 0 Å². The van der Waals surface area contributed by atoms with Gasteiger partial charge in [0.15, 0.2) is 0 Å². The SMILES string of the molecule is Cl.Cl.NNC(=O)C1CCC1. The van der Waals surface area contributed by atoms with Crippen molar-refractivity contribution in [3.63, 3.8) is 0 Å². The number of amides is 1. The van der Waals surface area contributed by atoms with Gasteiger partial charge in [0.25, 0.3) is 0 Å². The Morgan fingerprint density at radius 2 is 1.90 bits per heavy atom. The van der Waals surface area contributed by atoms with Crippen LogP contribution in [0.3, 0.4) is 0 Å². The lowest BCUT2D eigenvalue weighted by Crippen LogP contribution is -2.38. The van der Waals surface area contributed by atoms with Gasteiger partial charge in [-0.1, -0.05) is 6.42 Å². The average molecular weight is 187 g/mol. The first kappa shape index (κ1) is 12.7. The lowest BCUT2D eigenvalue weighted by Gasteiger charge is -2.22. The summed E-state index contributed by atoms with van der Waals surface area (Å²) in [6.07, 6.45) is 3.21. The van der Waals surface area contributed by atoms with Crippen LogP contribution in [0.1, 0.15) is 19.3 Å². The van der Waals surface area contributed by atoms with Crippen LogP contribution in [-0.2, 0) is 4.79 Å². The van der Waals surface area contributed by atoms with Crippen LogP contribution >= 0.6 is 24.8 Å². The molecule has 1 rings (SSSR count). The molecule has 1 saturated carbocycles. The maximum absolute atomic E-state index is 10.6. The van der Waals surface area contributed by atoms with Crippen molar-refractivity contribution in [3.8, 4) is 0 Å². The molecule has 1 amide bonds. The molecule has 1 aliphatic rings. The lowest BCUT2D eigenvalue weighted by atomic mass is 9.85. The molecule has 0 unspecified atom stereocenters. The summed E-state index contributed by atoms with van der Waals surface area (Å²) in [5.74, 6) is 5.10. The average Bonchev–Trinajstić information content (AvgIpc) is 1.62. The van der Waals surface area contributed by atoms with Gasteiger partial charge < -0.3 is 0 Å². The van der Waals surface area contributed by atoms with E-state index in [2.05, 4.69) is 5.43 Å². The van der Waals surface area contributed by atoms with E-state index < -0.39 is 0 Å². The Labute approximate surface area is 72.5 Å². The molecule has 1 fully saturated rings. The second-order valence-electron chi connectivity index (χ2n) is 2.14. The molecular weight excluding hydrogens is 175 g/mol. The van der Waals surface area contributed by atoms with Crippen molar-refractivity contribution in [2.45, 2.75) is 19.3 Å². The zero-order valence-corrected chi connectivity index (χ0v) is 7.13. The summed E-state index contributed by atoms with van der Waals surface area (Å²) in [5.41, 5.74) is 2.13. The van der Waals surface area contributed by atoms with Crippen LogP contribution in [0.4, 0.5) is 0 Å². The summed E-state index contributed by atoms with van der Waals surface area (Å²) in [4.78, 5) is 10.6. The Bertz CT molecular complexity index is 106. The Balaban J connectivity index is 0. The van der Waals surface area contributed by atoms with Gasteiger partial charge in [-0.2, -0.15) is 0 Å². The molecule has 0 aromatic carbocycles. The second-order valence-corrected chi connectivity index (χ2v) is 2.14. The highest BCUT2D eigenvalue weighted by molar-refractivity contribution is 5.85. The standard InChI is InChI=1S/C5H10N2O.2ClH/c6-7-5(8)4-2-1-3-4;;/h4H,1-3,6H2,(H,7,8);2*1H. The minimum atomic E-state index is -0.00347. The quantitative estimate of drug-likeness (QED) is 0.359. The van der Waals surface area contributed by atoms with Gasteiger partial charge in [-0.25, -0.2) is 5.84 Å². The van der Waals surface area contributed by atoms with Crippen LogP contribution in [0.5, 0.6) is 0 Å². The van der Waals surface area contributed by atoms with Crippen molar-refractivity contribution in [1.82, 2.24) is 5.43 Å². The van der Waals surface area contributed by atoms with E-state index in [-0.39, 0.29) is 36.6 Å². The van der Waals surface area contributed by atoms with Gasteiger partial charge in [0, 0.05) is 5.92 Å². The molecule has 0 saturated heterocycles. The summed E-state index contributed by atoms with van der Waals surface area (Å²) in [6.45, 7) is 0. The summed E-state index contributed by atoms with van der Waals surface area (Å²) in [5, 5.41) is 0. The van der Waals surface area contributed by atoms with Gasteiger partial charge in [0.05, 0.1) is 0 Å². The van der Waals surface area contributed by atoms with Crippen LogP contribution in [-0.4, -0.2) is 5.91 Å². The minimum Gasteiger partial charge on any atom is -0.294 e. The van der Waals surface area contributed by atoms with Crippen LogP contribution in [0.2, 0.25) is 0 Å². The minimum absolute atomic E-state index is 0. The predicted octanol–water partition coefficient (Wildman–Crippen LogP) is 0.620. The van der Waals surface area contributed by atoms with Gasteiger partial charge in [-0.3, -0.25) is 10.2 Å². The van der Waals surface area contributed by atoms with Crippen molar-refractivity contribution in [2.24, 2.45) is 11.8 Å². The highest BCUT2D eigenvalue weighted by Crippen LogP contribution is 2.25. The van der Waals surface area contributed by atoms with Crippen LogP contribution in [0.15, 0.2) is 0 Å². The molecule has 0 aromatic heterocycles. The monoisotopic (exact) mass is 186 g/mol. The van der Waals surface area contributed by atoms with Crippen molar-refractivity contribution in [1.29, 1.82) is 0 Å². The molecule has 3 nitrogen and oxygen atoms in total. The first-order chi connectivity index (χ1) is 3.84. The Kier molecular flexibility index (Phi) is 7.31. The van der Waals surface area contributed by atoms with E-state index in [0.717, 1.165) is 12.8 Å². The zero-order chi connectivity index (χ0) is 5.98. The molecule has 1 aliphatic carbocycles. The summed E-state index contributed by atoms with van der Waals surface area (Å²) < 4.78 is 0. The highest BCUT2D eigenvalue weighted by atomic mass is 35.5. The second kappa shape index (κ2) is 5.77. The van der Waals surface area contributed by atoms with Gasteiger partial charge in [0.2, 0.25) is 5.91 Å². The third kappa shape index (κ3) is 2.73. The molecule has 0 atom stereocenters. The third-order valence-electron chi connectivity index (χ3n) is 1.62. The summed E-state index contributed by atoms with van der Waals surface area (Å²) in [7, 11) is 0. The van der Waals surface area contributed by atoms with E-state index in [1.54, 1.807) is 0 Å². The first-order valence-corrected chi connectivity index (χ1v) is 2.85. The number of hydrogen-bond donors (Lipinski definition) is 2. The number of carbonyl (C=O) groups excluding carboxylic acids is 1. The molecule has 0 radical (unpaired) electrons. The topological polar surface area (TPSA) is 55.1 Å². The van der Waals surface area contributed by atoms with Crippen molar-refractivity contribution >= 4 is 30.7 Å². The van der Waals surface area contributed by atoms with Crippen LogP contribution in [0.25, 0.3) is 0 Å². The van der Waals surface area contributed by atoms with Crippen LogP contribution < -0.4 is 11.3 Å². The molecule has 0 spiro atoms. The van der Waals surface area contributed by atoms with E-state index in [9.17, 15) is 4.79 Å². The molecule has 3 N–H and O–H groups in total. The van der Waals surface area contributed by atoms with E-state index in [1.807, 2.05) is 0 Å². The fraction of sp³-hybridized carbons (Fsp3) is 0.800. The van der Waals surface area contributed by atoms with E-state index in [0.29, 0.717) is 0 Å². The molecule has 0 aliphatic heterocycles. The molecule has 62 valence electrons. The molecule has 5 heteroatoms. The Morgan fingerprint density at radius 1 is 1.40 bits per heavy atom. The third-order valence-corrected chi connectivity index (χ3v) is 1.62. The Morgan fingerprint density at radius 3 is 2.00 bits per heavy atom.